The lowest BCUT2D eigenvalue weighted by Gasteiger charge is -2.18. The lowest BCUT2D eigenvalue weighted by molar-refractivity contribution is -0.135. The molecule has 36 heavy (non-hydrogen) atoms. The number of benzene rings is 3. The molecule has 0 saturated carbocycles. The molecule has 0 aromatic heterocycles. The number of hydrogen-bond acceptors (Lipinski definition) is 5. The summed E-state index contributed by atoms with van der Waals surface area (Å²) in [6.45, 7) is 1.36. The molecule has 0 radical (unpaired) electrons. The summed E-state index contributed by atoms with van der Waals surface area (Å²) in [4.78, 5) is 40.6. The molecule has 3 aromatic carbocycles. The van der Waals surface area contributed by atoms with Crippen molar-refractivity contribution in [3.63, 3.8) is 0 Å². The first kappa shape index (κ1) is 24.7. The average molecular weight is 541 g/mol. The van der Waals surface area contributed by atoms with Gasteiger partial charge in [-0.1, -0.05) is 65.7 Å². The van der Waals surface area contributed by atoms with E-state index in [-0.39, 0.29) is 34.0 Å². The lowest BCUT2D eigenvalue weighted by atomic mass is 10.1. The molecule has 2 aliphatic heterocycles. The molecule has 6 nitrogen and oxygen atoms in total. The van der Waals surface area contributed by atoms with Crippen LogP contribution in [0.1, 0.15) is 24.0 Å². The van der Waals surface area contributed by atoms with Crippen molar-refractivity contribution in [1.82, 2.24) is 9.80 Å². The van der Waals surface area contributed by atoms with Crippen LogP contribution >= 0.6 is 35.0 Å². The highest BCUT2D eigenvalue weighted by molar-refractivity contribution is 8.18. The first-order valence-corrected chi connectivity index (χ1v) is 13.1. The van der Waals surface area contributed by atoms with Crippen molar-refractivity contribution >= 4 is 68.9 Å². The molecule has 184 valence electrons. The van der Waals surface area contributed by atoms with E-state index in [9.17, 15) is 14.4 Å². The second-order valence-electron chi connectivity index (χ2n) is 8.60. The van der Waals surface area contributed by atoms with E-state index in [1.807, 2.05) is 42.5 Å². The van der Waals surface area contributed by atoms with Crippen molar-refractivity contribution in [2.45, 2.75) is 19.4 Å². The van der Waals surface area contributed by atoms with Gasteiger partial charge in [-0.3, -0.25) is 19.3 Å². The Morgan fingerprint density at radius 1 is 1.00 bits per heavy atom. The minimum Gasteiger partial charge on any atom is -0.486 e. The Morgan fingerprint density at radius 3 is 2.44 bits per heavy atom. The van der Waals surface area contributed by atoms with Crippen LogP contribution in [-0.2, 0) is 16.2 Å². The van der Waals surface area contributed by atoms with Gasteiger partial charge in [-0.05, 0) is 64.7 Å². The maximum atomic E-state index is 12.8. The minimum atomic E-state index is -0.499. The monoisotopic (exact) mass is 540 g/mol. The third kappa shape index (κ3) is 5.09. The van der Waals surface area contributed by atoms with Crippen LogP contribution < -0.4 is 4.74 Å². The van der Waals surface area contributed by atoms with Gasteiger partial charge in [-0.25, -0.2) is 0 Å². The number of likely N-dealkylation sites (tertiary alicyclic amines) is 1. The molecule has 2 heterocycles. The van der Waals surface area contributed by atoms with Crippen LogP contribution in [0.15, 0.2) is 59.5 Å². The van der Waals surface area contributed by atoms with E-state index in [1.54, 1.807) is 23.1 Å². The smallest absolute Gasteiger partial charge is 0.294 e. The van der Waals surface area contributed by atoms with Crippen molar-refractivity contribution in [3.8, 4) is 5.75 Å². The normalized spacial score (nSPS) is 17.0. The largest absolute Gasteiger partial charge is 0.486 e. The van der Waals surface area contributed by atoms with Crippen LogP contribution in [-0.4, -0.2) is 46.5 Å². The number of nitrogens with zero attached hydrogens (tertiary/aromatic N) is 2. The molecule has 0 bridgehead atoms. The van der Waals surface area contributed by atoms with Gasteiger partial charge < -0.3 is 9.64 Å². The second kappa shape index (κ2) is 10.5. The standard InChI is InChI=1S/C27H22Cl2N2O4S/c28-21-12-17(14-23-26(33)31(27(34)36-23)15-24(32)30-10-3-4-11-30)13-22(29)25(21)35-16-19-8-5-7-18-6-1-2-9-20(18)19/h1-2,5-9,12-14H,3-4,10-11,15-16H2/b23-14+. The van der Waals surface area contributed by atoms with Crippen LogP contribution in [0.5, 0.6) is 5.75 Å². The number of halogens is 2. The molecule has 0 atom stereocenters. The highest BCUT2D eigenvalue weighted by atomic mass is 35.5. The highest BCUT2D eigenvalue weighted by Gasteiger charge is 2.37. The molecule has 5 rings (SSSR count). The average Bonchev–Trinajstić information content (AvgIpc) is 3.49. The maximum absolute atomic E-state index is 12.8. The van der Waals surface area contributed by atoms with Gasteiger partial charge in [0, 0.05) is 13.1 Å². The topological polar surface area (TPSA) is 66.9 Å². The number of thioether (sulfide) groups is 1. The van der Waals surface area contributed by atoms with Crippen molar-refractivity contribution in [1.29, 1.82) is 0 Å². The summed E-state index contributed by atoms with van der Waals surface area (Å²) in [5, 5.41) is 2.31. The van der Waals surface area contributed by atoms with E-state index in [1.165, 1.54) is 0 Å². The Kier molecular flexibility index (Phi) is 7.23. The van der Waals surface area contributed by atoms with E-state index in [2.05, 4.69) is 0 Å². The highest BCUT2D eigenvalue weighted by Crippen LogP contribution is 2.38. The Balaban J connectivity index is 1.30. The Labute approximate surface area is 222 Å². The molecule has 0 unspecified atom stereocenters. The van der Waals surface area contributed by atoms with Gasteiger partial charge in [-0.2, -0.15) is 0 Å². The van der Waals surface area contributed by atoms with Gasteiger partial charge in [0.05, 0.1) is 15.0 Å². The number of imide groups is 1. The summed E-state index contributed by atoms with van der Waals surface area (Å²) in [7, 11) is 0. The molecule has 2 saturated heterocycles. The van der Waals surface area contributed by atoms with E-state index in [0.29, 0.717) is 24.4 Å². The summed E-state index contributed by atoms with van der Waals surface area (Å²) in [6, 6.07) is 17.3. The summed E-state index contributed by atoms with van der Waals surface area (Å²) in [5.74, 6) is -0.372. The predicted molar refractivity (Wildman–Crippen MR) is 143 cm³/mol. The van der Waals surface area contributed by atoms with Gasteiger partial charge in [0.15, 0.2) is 5.75 Å². The number of fused-ring (bicyclic) bond motifs is 1. The third-order valence-electron chi connectivity index (χ3n) is 6.20. The van der Waals surface area contributed by atoms with Crippen LogP contribution in [0.25, 0.3) is 16.8 Å². The Hall–Kier alpha value is -3.00. The summed E-state index contributed by atoms with van der Waals surface area (Å²) in [5.41, 5.74) is 1.56. The number of carbonyl (C=O) groups excluding carboxylic acids is 3. The predicted octanol–water partition coefficient (Wildman–Crippen LogP) is 6.38. The Morgan fingerprint density at radius 2 is 1.69 bits per heavy atom. The first-order chi connectivity index (χ1) is 17.4. The zero-order valence-corrected chi connectivity index (χ0v) is 21.5. The number of hydrogen-bond donors (Lipinski definition) is 0. The molecule has 0 spiro atoms. The molecular weight excluding hydrogens is 519 g/mol. The van der Waals surface area contributed by atoms with Crippen molar-refractivity contribution in [2.24, 2.45) is 0 Å². The number of rotatable bonds is 6. The fraction of sp³-hybridized carbons (Fsp3) is 0.222. The maximum Gasteiger partial charge on any atom is 0.294 e. The van der Waals surface area contributed by atoms with Crippen molar-refractivity contribution in [3.05, 3.63) is 80.7 Å². The SMILES string of the molecule is O=C(CN1C(=O)S/C(=C/c2cc(Cl)c(OCc3cccc4ccccc34)c(Cl)c2)C1=O)N1CCCC1. The first-order valence-electron chi connectivity index (χ1n) is 11.5. The van der Waals surface area contributed by atoms with Gasteiger partial charge in [0.1, 0.15) is 13.2 Å². The fourth-order valence-electron chi connectivity index (χ4n) is 4.36. The molecule has 2 aliphatic rings. The van der Waals surface area contributed by atoms with E-state index >= 15 is 0 Å². The number of ether oxygens (including phenoxy) is 1. The molecule has 2 fully saturated rings. The zero-order valence-electron chi connectivity index (χ0n) is 19.2. The van der Waals surface area contributed by atoms with E-state index in [0.717, 1.165) is 45.8 Å². The fourth-order valence-corrected chi connectivity index (χ4v) is 5.81. The van der Waals surface area contributed by atoms with E-state index in [4.69, 9.17) is 27.9 Å². The quantitative estimate of drug-likeness (QED) is 0.339. The Bertz CT molecular complexity index is 1370. The van der Waals surface area contributed by atoms with Crippen LogP contribution in [0, 0.1) is 0 Å². The van der Waals surface area contributed by atoms with Crippen molar-refractivity contribution in [2.75, 3.05) is 19.6 Å². The zero-order chi connectivity index (χ0) is 25.2. The third-order valence-corrected chi connectivity index (χ3v) is 7.66. The molecule has 0 N–H and O–H groups in total. The van der Waals surface area contributed by atoms with Crippen LogP contribution in [0.3, 0.4) is 0 Å². The summed E-state index contributed by atoms with van der Waals surface area (Å²) >= 11 is 13.8. The van der Waals surface area contributed by atoms with Crippen LogP contribution in [0.2, 0.25) is 10.0 Å². The lowest BCUT2D eigenvalue weighted by Crippen LogP contribution is -2.40. The van der Waals surface area contributed by atoms with Crippen molar-refractivity contribution < 1.29 is 19.1 Å². The molecule has 3 aromatic rings. The number of amides is 3. The van der Waals surface area contributed by atoms with Gasteiger partial charge >= 0.3 is 0 Å². The van der Waals surface area contributed by atoms with Gasteiger partial charge in [0.25, 0.3) is 11.1 Å². The molecule has 9 heteroatoms. The van der Waals surface area contributed by atoms with Gasteiger partial charge in [0.2, 0.25) is 5.91 Å². The molecule has 3 amide bonds. The molecule has 0 aliphatic carbocycles. The summed E-state index contributed by atoms with van der Waals surface area (Å²) < 4.78 is 5.97. The number of carbonyl (C=O) groups is 3. The second-order valence-corrected chi connectivity index (χ2v) is 10.4. The van der Waals surface area contributed by atoms with Crippen LogP contribution in [0.4, 0.5) is 4.79 Å². The molecular formula is C27H22Cl2N2O4S. The van der Waals surface area contributed by atoms with E-state index < -0.39 is 11.1 Å². The summed E-state index contributed by atoms with van der Waals surface area (Å²) in [6.07, 6.45) is 3.44. The van der Waals surface area contributed by atoms with Gasteiger partial charge in [-0.15, -0.1) is 0 Å². The minimum absolute atomic E-state index is 0.213.